The Morgan fingerprint density at radius 1 is 0.875 bits per heavy atom. The zero-order chi connectivity index (χ0) is 22.6. The Labute approximate surface area is 191 Å². The quantitative estimate of drug-likeness (QED) is 0.658. The topological polar surface area (TPSA) is 86.8 Å². The van der Waals surface area contributed by atoms with E-state index >= 15 is 0 Å². The van der Waals surface area contributed by atoms with E-state index in [-0.39, 0.29) is 35.6 Å². The Kier molecular flexibility index (Phi) is 7.51. The van der Waals surface area contributed by atoms with Gasteiger partial charge in [-0.25, -0.2) is 13.1 Å². The summed E-state index contributed by atoms with van der Waals surface area (Å²) in [4.78, 5) is 29.0. The molecule has 0 spiro atoms. The number of carbonyl (C=O) groups excluding carboxylic acids is 2. The van der Waals surface area contributed by atoms with Crippen LogP contribution in [0.5, 0.6) is 0 Å². The molecule has 0 atom stereocenters. The van der Waals surface area contributed by atoms with E-state index in [0.717, 1.165) is 62.9 Å². The van der Waals surface area contributed by atoms with Crippen molar-refractivity contribution in [3.8, 4) is 0 Å². The first-order chi connectivity index (χ1) is 15.4. The third kappa shape index (κ3) is 5.52. The summed E-state index contributed by atoms with van der Waals surface area (Å²) < 4.78 is 28.7. The largest absolute Gasteiger partial charge is 0.343 e. The average molecular weight is 462 g/mol. The number of amides is 2. The summed E-state index contributed by atoms with van der Waals surface area (Å²) in [6.45, 7) is 2.13. The molecule has 2 heterocycles. The standard InChI is InChI=1S/C24H35N3O4S/c28-23(26-15-6-3-7-16-26)12-13-24(29)27-17-14-19-18-21(10-11-22(19)27)32(30,31)25-20-8-4-1-2-5-9-20/h10-11,18,20,25H,1-9,12-17H2. The van der Waals surface area contributed by atoms with Gasteiger partial charge < -0.3 is 9.80 Å². The molecule has 0 bridgehead atoms. The van der Waals surface area contributed by atoms with Gasteiger partial charge in [-0.15, -0.1) is 0 Å². The maximum Gasteiger partial charge on any atom is 0.240 e. The minimum absolute atomic E-state index is 0.00581. The van der Waals surface area contributed by atoms with E-state index in [1.807, 2.05) is 4.90 Å². The predicted molar refractivity (Wildman–Crippen MR) is 124 cm³/mol. The van der Waals surface area contributed by atoms with Gasteiger partial charge in [-0.3, -0.25) is 9.59 Å². The van der Waals surface area contributed by atoms with Crippen molar-refractivity contribution in [3.63, 3.8) is 0 Å². The molecule has 0 unspecified atom stereocenters. The second-order valence-electron chi connectivity index (χ2n) is 9.34. The van der Waals surface area contributed by atoms with Crippen LogP contribution in [0.3, 0.4) is 0 Å². The summed E-state index contributed by atoms with van der Waals surface area (Å²) in [6.07, 6.45) is 10.6. The van der Waals surface area contributed by atoms with Crippen molar-refractivity contribution in [1.82, 2.24) is 9.62 Å². The average Bonchev–Trinajstić information content (AvgIpc) is 3.07. The van der Waals surface area contributed by atoms with Gasteiger partial charge in [-0.2, -0.15) is 0 Å². The molecule has 1 aromatic carbocycles. The molecule has 1 aromatic rings. The summed E-state index contributed by atoms with van der Waals surface area (Å²) in [5.41, 5.74) is 1.65. The zero-order valence-electron chi connectivity index (χ0n) is 18.9. The lowest BCUT2D eigenvalue weighted by atomic mass is 10.1. The monoisotopic (exact) mass is 461 g/mol. The van der Waals surface area contributed by atoms with Gasteiger partial charge in [0.05, 0.1) is 4.90 Å². The molecule has 1 saturated carbocycles. The van der Waals surface area contributed by atoms with E-state index < -0.39 is 10.0 Å². The first kappa shape index (κ1) is 23.2. The molecule has 1 N–H and O–H groups in total. The van der Waals surface area contributed by atoms with E-state index in [0.29, 0.717) is 13.0 Å². The first-order valence-electron chi connectivity index (χ1n) is 12.2. The Balaban J connectivity index is 1.37. The van der Waals surface area contributed by atoms with Crippen molar-refractivity contribution >= 4 is 27.5 Å². The maximum atomic E-state index is 12.9. The lowest BCUT2D eigenvalue weighted by Gasteiger charge is -2.27. The molecule has 0 radical (unpaired) electrons. The van der Waals surface area contributed by atoms with E-state index in [1.165, 1.54) is 19.3 Å². The highest BCUT2D eigenvalue weighted by Crippen LogP contribution is 2.31. The Morgan fingerprint density at radius 2 is 1.53 bits per heavy atom. The highest BCUT2D eigenvalue weighted by molar-refractivity contribution is 7.89. The van der Waals surface area contributed by atoms with Crippen molar-refractivity contribution in [2.75, 3.05) is 24.5 Å². The number of fused-ring (bicyclic) bond motifs is 1. The first-order valence-corrected chi connectivity index (χ1v) is 13.7. The summed E-state index contributed by atoms with van der Waals surface area (Å²) in [7, 11) is -3.57. The molecule has 2 amide bonds. The van der Waals surface area contributed by atoms with Gasteiger partial charge in [0.15, 0.2) is 0 Å². The van der Waals surface area contributed by atoms with E-state index in [2.05, 4.69) is 4.72 Å². The summed E-state index contributed by atoms with van der Waals surface area (Å²) >= 11 is 0. The summed E-state index contributed by atoms with van der Waals surface area (Å²) in [5, 5.41) is 0. The van der Waals surface area contributed by atoms with Crippen LogP contribution in [-0.2, 0) is 26.0 Å². The molecule has 4 rings (SSSR count). The molecule has 2 fully saturated rings. The van der Waals surface area contributed by atoms with Gasteiger partial charge in [-0.1, -0.05) is 25.7 Å². The molecular weight excluding hydrogens is 426 g/mol. The zero-order valence-corrected chi connectivity index (χ0v) is 19.7. The number of nitrogens with zero attached hydrogens (tertiary/aromatic N) is 2. The van der Waals surface area contributed by atoms with Crippen LogP contribution >= 0.6 is 0 Å². The van der Waals surface area contributed by atoms with Crippen molar-refractivity contribution < 1.29 is 18.0 Å². The number of sulfonamides is 1. The van der Waals surface area contributed by atoms with Gasteiger partial charge in [0, 0.05) is 44.2 Å². The molecule has 3 aliphatic rings. The predicted octanol–water partition coefficient (Wildman–Crippen LogP) is 3.37. The number of hydrogen-bond acceptors (Lipinski definition) is 4. The molecule has 0 aromatic heterocycles. The second-order valence-corrected chi connectivity index (χ2v) is 11.1. The van der Waals surface area contributed by atoms with Crippen molar-refractivity contribution in [2.24, 2.45) is 0 Å². The Bertz CT molecular complexity index is 933. The third-order valence-electron chi connectivity index (χ3n) is 7.00. The molecule has 8 heteroatoms. The van der Waals surface area contributed by atoms with E-state index in [9.17, 15) is 18.0 Å². The fourth-order valence-electron chi connectivity index (χ4n) is 5.14. The summed E-state index contributed by atoms with van der Waals surface area (Å²) in [5.74, 6) is -0.00945. The molecule has 176 valence electrons. The number of rotatable bonds is 6. The van der Waals surface area contributed by atoms with Crippen LogP contribution < -0.4 is 9.62 Å². The number of benzene rings is 1. The normalized spacial score (nSPS) is 20.1. The Hall–Kier alpha value is -1.93. The van der Waals surface area contributed by atoms with Crippen molar-refractivity contribution in [3.05, 3.63) is 23.8 Å². The van der Waals surface area contributed by atoms with Crippen LogP contribution in [-0.4, -0.2) is 50.8 Å². The highest BCUT2D eigenvalue weighted by atomic mass is 32.2. The van der Waals surface area contributed by atoms with E-state index in [1.54, 1.807) is 23.1 Å². The molecule has 1 saturated heterocycles. The lowest BCUT2D eigenvalue weighted by Crippen LogP contribution is -2.37. The lowest BCUT2D eigenvalue weighted by molar-refractivity contribution is -0.133. The van der Waals surface area contributed by atoms with Crippen LogP contribution in [0.15, 0.2) is 23.1 Å². The maximum absolute atomic E-state index is 12.9. The third-order valence-corrected chi connectivity index (χ3v) is 8.51. The number of likely N-dealkylation sites (tertiary alicyclic amines) is 1. The van der Waals surface area contributed by atoms with Crippen LogP contribution in [0.2, 0.25) is 0 Å². The summed E-state index contributed by atoms with van der Waals surface area (Å²) in [6, 6.07) is 5.06. The fraction of sp³-hybridized carbons (Fsp3) is 0.667. The fourth-order valence-corrected chi connectivity index (χ4v) is 6.49. The van der Waals surface area contributed by atoms with Crippen LogP contribution in [0, 0.1) is 0 Å². The molecule has 7 nitrogen and oxygen atoms in total. The molecular formula is C24H35N3O4S. The number of carbonyl (C=O) groups is 2. The van der Waals surface area contributed by atoms with Gasteiger partial charge in [0.25, 0.3) is 0 Å². The second kappa shape index (κ2) is 10.3. The van der Waals surface area contributed by atoms with E-state index in [4.69, 9.17) is 0 Å². The van der Waals surface area contributed by atoms with Crippen molar-refractivity contribution in [2.45, 2.75) is 88.0 Å². The minimum atomic E-state index is -3.57. The van der Waals surface area contributed by atoms with Crippen LogP contribution in [0.4, 0.5) is 5.69 Å². The van der Waals surface area contributed by atoms with Crippen molar-refractivity contribution in [1.29, 1.82) is 0 Å². The van der Waals surface area contributed by atoms with Crippen LogP contribution in [0.1, 0.15) is 76.2 Å². The Morgan fingerprint density at radius 3 is 2.25 bits per heavy atom. The van der Waals surface area contributed by atoms with Gasteiger partial charge in [-0.05, 0) is 62.3 Å². The molecule has 2 aliphatic heterocycles. The minimum Gasteiger partial charge on any atom is -0.343 e. The molecule has 1 aliphatic carbocycles. The van der Waals surface area contributed by atoms with Gasteiger partial charge in [0.1, 0.15) is 0 Å². The highest BCUT2D eigenvalue weighted by Gasteiger charge is 2.28. The SMILES string of the molecule is O=C(CCC(=O)N1CCc2cc(S(=O)(=O)NC3CCCCCC3)ccc21)N1CCCCC1. The molecule has 32 heavy (non-hydrogen) atoms. The van der Waals surface area contributed by atoms with Crippen LogP contribution in [0.25, 0.3) is 0 Å². The van der Waals surface area contributed by atoms with Gasteiger partial charge in [0.2, 0.25) is 21.8 Å². The number of hydrogen-bond donors (Lipinski definition) is 1. The number of piperidine rings is 1. The smallest absolute Gasteiger partial charge is 0.240 e. The van der Waals surface area contributed by atoms with Gasteiger partial charge >= 0.3 is 0 Å². The number of anilines is 1. The number of nitrogens with one attached hydrogen (secondary N) is 1.